The molecule has 1 aliphatic rings. The Labute approximate surface area is 100 Å². The number of para-hydroxylation sites is 1. The van der Waals surface area contributed by atoms with Crippen LogP contribution in [0, 0.1) is 0 Å². The molecular formula is C14H14N2O. The predicted molar refractivity (Wildman–Crippen MR) is 69.1 cm³/mol. The normalized spacial score (nSPS) is 17.1. The van der Waals surface area contributed by atoms with E-state index in [-0.39, 0.29) is 6.23 Å². The maximum atomic E-state index is 5.27. The zero-order chi connectivity index (χ0) is 11.9. The van der Waals surface area contributed by atoms with Crippen molar-refractivity contribution in [3.63, 3.8) is 0 Å². The van der Waals surface area contributed by atoms with Crippen LogP contribution in [0.5, 0.6) is 0 Å². The van der Waals surface area contributed by atoms with Crippen LogP contribution in [-0.2, 0) is 4.74 Å². The molecule has 1 aliphatic heterocycles. The van der Waals surface area contributed by atoms with Crippen molar-refractivity contribution in [2.24, 2.45) is 5.73 Å². The Morgan fingerprint density at radius 2 is 1.88 bits per heavy atom. The van der Waals surface area contributed by atoms with Crippen LogP contribution in [0.2, 0.25) is 0 Å². The minimum atomic E-state index is -0.231. The average molecular weight is 226 g/mol. The number of fused-ring (bicyclic) bond motifs is 1. The largest absolute Gasteiger partial charge is 0.480 e. The van der Waals surface area contributed by atoms with Gasteiger partial charge in [0.25, 0.3) is 0 Å². The van der Waals surface area contributed by atoms with Gasteiger partial charge in [-0.1, -0.05) is 30.3 Å². The molecule has 0 bridgehead atoms. The number of pyridine rings is 1. The Balaban J connectivity index is 0.000000136. The van der Waals surface area contributed by atoms with Crippen molar-refractivity contribution in [2.45, 2.75) is 6.23 Å². The number of nitrogens with zero attached hydrogens (tertiary/aromatic N) is 1. The van der Waals surface area contributed by atoms with E-state index in [1.54, 1.807) is 18.4 Å². The van der Waals surface area contributed by atoms with Crippen molar-refractivity contribution in [3.05, 3.63) is 67.1 Å². The van der Waals surface area contributed by atoms with E-state index in [1.807, 2.05) is 36.5 Å². The molecule has 2 heterocycles. The summed E-state index contributed by atoms with van der Waals surface area (Å²) in [6.07, 6.45) is 8.58. The third-order valence-electron chi connectivity index (χ3n) is 2.24. The lowest BCUT2D eigenvalue weighted by molar-refractivity contribution is 0.190. The Kier molecular flexibility index (Phi) is 3.89. The summed E-state index contributed by atoms with van der Waals surface area (Å²) in [4.78, 5) is 4.18. The van der Waals surface area contributed by atoms with Crippen LogP contribution in [0.1, 0.15) is 0 Å². The van der Waals surface area contributed by atoms with Crippen LogP contribution in [-0.4, -0.2) is 11.2 Å². The van der Waals surface area contributed by atoms with Crippen molar-refractivity contribution in [3.8, 4) is 0 Å². The first kappa shape index (κ1) is 11.4. The summed E-state index contributed by atoms with van der Waals surface area (Å²) >= 11 is 0. The summed E-state index contributed by atoms with van der Waals surface area (Å²) in [6.45, 7) is 0. The third kappa shape index (κ3) is 3.43. The van der Waals surface area contributed by atoms with Crippen molar-refractivity contribution in [1.29, 1.82) is 0 Å². The van der Waals surface area contributed by atoms with Crippen LogP contribution >= 0.6 is 0 Å². The number of benzene rings is 1. The number of nitrogens with two attached hydrogens (primary N) is 1. The summed E-state index contributed by atoms with van der Waals surface area (Å²) in [7, 11) is 0. The van der Waals surface area contributed by atoms with E-state index in [4.69, 9.17) is 10.5 Å². The summed E-state index contributed by atoms with van der Waals surface area (Å²) in [5.74, 6) is 0. The van der Waals surface area contributed by atoms with E-state index >= 15 is 0 Å². The minimum absolute atomic E-state index is 0.231. The van der Waals surface area contributed by atoms with Crippen molar-refractivity contribution >= 4 is 10.9 Å². The van der Waals surface area contributed by atoms with Gasteiger partial charge in [-0.3, -0.25) is 10.7 Å². The third-order valence-corrected chi connectivity index (χ3v) is 2.24. The molecule has 3 heteroatoms. The number of hydrogen-bond donors (Lipinski definition) is 1. The summed E-state index contributed by atoms with van der Waals surface area (Å²) in [6, 6.07) is 12.1. The fourth-order valence-corrected chi connectivity index (χ4v) is 1.42. The fraction of sp³-hybridized carbons (Fsp3) is 0.0714. The molecule has 0 saturated heterocycles. The van der Waals surface area contributed by atoms with Gasteiger partial charge in [0.15, 0.2) is 6.23 Å². The van der Waals surface area contributed by atoms with Crippen molar-refractivity contribution in [1.82, 2.24) is 4.98 Å². The van der Waals surface area contributed by atoms with Gasteiger partial charge in [-0.2, -0.15) is 0 Å². The zero-order valence-electron chi connectivity index (χ0n) is 9.36. The maximum Gasteiger partial charge on any atom is 0.166 e. The van der Waals surface area contributed by atoms with Gasteiger partial charge in [0.05, 0.1) is 11.8 Å². The monoisotopic (exact) mass is 226 g/mol. The molecule has 0 saturated carbocycles. The molecule has 0 fully saturated rings. The molecular weight excluding hydrogens is 212 g/mol. The highest BCUT2D eigenvalue weighted by atomic mass is 16.5. The van der Waals surface area contributed by atoms with Gasteiger partial charge in [0.1, 0.15) is 0 Å². The lowest BCUT2D eigenvalue weighted by atomic mass is 10.2. The van der Waals surface area contributed by atoms with Gasteiger partial charge in [-0.25, -0.2) is 0 Å². The first-order chi connectivity index (χ1) is 8.36. The molecule has 1 aromatic heterocycles. The minimum Gasteiger partial charge on any atom is -0.480 e. The van der Waals surface area contributed by atoms with Crippen LogP contribution in [0.4, 0.5) is 0 Å². The number of ether oxygens (including phenoxy) is 1. The molecule has 17 heavy (non-hydrogen) atoms. The Bertz CT molecular complexity index is 469. The predicted octanol–water partition coefficient (Wildman–Crippen LogP) is 2.61. The second-order valence-corrected chi connectivity index (χ2v) is 3.51. The second kappa shape index (κ2) is 5.82. The molecule has 0 spiro atoms. The van der Waals surface area contributed by atoms with Crippen LogP contribution in [0.3, 0.4) is 0 Å². The molecule has 1 aromatic carbocycles. The van der Waals surface area contributed by atoms with Crippen molar-refractivity contribution < 1.29 is 4.74 Å². The Morgan fingerprint density at radius 1 is 1.06 bits per heavy atom. The summed E-state index contributed by atoms with van der Waals surface area (Å²) in [5.41, 5.74) is 6.33. The first-order valence-corrected chi connectivity index (χ1v) is 5.40. The standard InChI is InChI=1S/C9H7N.C5H7NO/c1-2-6-9-8(4-1)5-3-7-10-9;6-5-3-1-2-4-7-5/h1-7H;1-5H,6H2. The van der Waals surface area contributed by atoms with Crippen molar-refractivity contribution in [2.75, 3.05) is 0 Å². The molecule has 0 amide bonds. The molecule has 1 atom stereocenters. The molecule has 3 nitrogen and oxygen atoms in total. The summed E-state index contributed by atoms with van der Waals surface area (Å²) < 4.78 is 4.79. The lowest BCUT2D eigenvalue weighted by Gasteiger charge is -2.06. The van der Waals surface area contributed by atoms with E-state index in [2.05, 4.69) is 17.1 Å². The molecule has 2 aromatic rings. The molecule has 0 radical (unpaired) electrons. The molecule has 0 aliphatic carbocycles. The molecule has 3 rings (SSSR count). The van der Waals surface area contributed by atoms with Crippen LogP contribution in [0.25, 0.3) is 10.9 Å². The fourth-order valence-electron chi connectivity index (χ4n) is 1.42. The van der Waals surface area contributed by atoms with Gasteiger partial charge in [0.2, 0.25) is 0 Å². The maximum absolute atomic E-state index is 5.27. The highest BCUT2D eigenvalue weighted by molar-refractivity contribution is 5.77. The van der Waals surface area contributed by atoms with Gasteiger partial charge in [0, 0.05) is 11.6 Å². The molecule has 2 N–H and O–H groups in total. The van der Waals surface area contributed by atoms with E-state index in [0.717, 1.165) is 5.52 Å². The van der Waals surface area contributed by atoms with Gasteiger partial charge in [-0.05, 0) is 24.3 Å². The Hall–Kier alpha value is -2.13. The van der Waals surface area contributed by atoms with E-state index in [0.29, 0.717) is 0 Å². The lowest BCUT2D eigenvalue weighted by Crippen LogP contribution is -2.19. The second-order valence-electron chi connectivity index (χ2n) is 3.51. The number of allylic oxidation sites excluding steroid dienone is 2. The molecule has 1 unspecified atom stereocenters. The number of hydrogen-bond acceptors (Lipinski definition) is 3. The summed E-state index contributed by atoms with van der Waals surface area (Å²) in [5, 5.41) is 1.20. The van der Waals surface area contributed by atoms with E-state index < -0.39 is 0 Å². The Morgan fingerprint density at radius 3 is 2.53 bits per heavy atom. The van der Waals surface area contributed by atoms with Crippen LogP contribution < -0.4 is 5.73 Å². The SMILES string of the molecule is NC1C=CC=CO1.c1ccc2ncccc2c1. The highest BCUT2D eigenvalue weighted by Crippen LogP contribution is 2.07. The first-order valence-electron chi connectivity index (χ1n) is 5.40. The van der Waals surface area contributed by atoms with Gasteiger partial charge < -0.3 is 4.74 Å². The van der Waals surface area contributed by atoms with Gasteiger partial charge in [-0.15, -0.1) is 0 Å². The smallest absolute Gasteiger partial charge is 0.166 e. The zero-order valence-corrected chi connectivity index (χ0v) is 9.36. The molecule has 86 valence electrons. The topological polar surface area (TPSA) is 48.1 Å². The average Bonchev–Trinajstić information content (AvgIpc) is 2.41. The quantitative estimate of drug-likeness (QED) is 0.751. The van der Waals surface area contributed by atoms with Crippen LogP contribution in [0.15, 0.2) is 67.1 Å². The number of rotatable bonds is 0. The van der Waals surface area contributed by atoms with E-state index in [9.17, 15) is 0 Å². The highest BCUT2D eigenvalue weighted by Gasteiger charge is 1.92. The number of aromatic nitrogens is 1. The van der Waals surface area contributed by atoms with Gasteiger partial charge >= 0.3 is 0 Å². The van der Waals surface area contributed by atoms with E-state index in [1.165, 1.54) is 5.39 Å².